The number of halogens is 1. The molecule has 1 saturated heterocycles. The molecule has 0 saturated carbocycles. The first-order valence-corrected chi connectivity index (χ1v) is 13.5. The molecule has 2 aliphatic heterocycles. The maximum atomic E-state index is 12.9. The van der Waals surface area contributed by atoms with Crippen LogP contribution in [0.5, 0.6) is 5.88 Å². The average molecular weight is 586 g/mol. The lowest BCUT2D eigenvalue weighted by Gasteiger charge is -2.49. The highest BCUT2D eigenvalue weighted by molar-refractivity contribution is 8.01. The summed E-state index contributed by atoms with van der Waals surface area (Å²) in [5, 5.41) is 29.0. The quantitative estimate of drug-likeness (QED) is 0.133. The molecule has 0 aliphatic carbocycles. The molecule has 2 aromatic rings. The van der Waals surface area contributed by atoms with Crippen LogP contribution in [0.1, 0.15) is 5.69 Å². The number of thiazole rings is 1. The predicted octanol–water partition coefficient (Wildman–Crippen LogP) is 0.0163. The van der Waals surface area contributed by atoms with E-state index >= 15 is 0 Å². The Hall–Kier alpha value is -3.41. The summed E-state index contributed by atoms with van der Waals surface area (Å²) >= 11 is 9.19. The van der Waals surface area contributed by atoms with E-state index in [2.05, 4.69) is 25.7 Å². The summed E-state index contributed by atoms with van der Waals surface area (Å²) in [6.45, 7) is 0. The van der Waals surface area contributed by atoms with Gasteiger partial charge in [0.15, 0.2) is 10.3 Å². The molecule has 2 aliphatic rings. The lowest BCUT2D eigenvalue weighted by atomic mass is 10.0. The number of amides is 3. The van der Waals surface area contributed by atoms with Gasteiger partial charge in [-0.3, -0.25) is 24.1 Å². The van der Waals surface area contributed by atoms with Gasteiger partial charge in [-0.15, -0.1) is 28.2 Å². The summed E-state index contributed by atoms with van der Waals surface area (Å²) in [6.07, 6.45) is 0.439. The van der Waals surface area contributed by atoms with E-state index in [9.17, 15) is 34.2 Å². The van der Waals surface area contributed by atoms with Crippen LogP contribution in [-0.2, 0) is 26.2 Å². The van der Waals surface area contributed by atoms with Gasteiger partial charge in [0.2, 0.25) is 6.41 Å². The largest absolute Gasteiger partial charge is 0.488 e. The smallest absolute Gasteiger partial charge is 0.352 e. The highest BCUT2D eigenvalue weighted by Gasteiger charge is 2.54. The second kappa shape index (κ2) is 10.9. The van der Waals surface area contributed by atoms with Crippen LogP contribution in [0, 0.1) is 0 Å². The number of aromatic hydroxyl groups is 1. The van der Waals surface area contributed by atoms with E-state index in [0.717, 1.165) is 33.5 Å². The van der Waals surface area contributed by atoms with E-state index in [1.54, 1.807) is 0 Å². The van der Waals surface area contributed by atoms with Crippen molar-refractivity contribution in [1.29, 1.82) is 0 Å². The number of nitrogens with one attached hydrogen (secondary N) is 2. The Bertz CT molecular complexity index is 1420. The number of β-lactam (4-membered cyclic amide) rings is 1. The van der Waals surface area contributed by atoms with Crippen molar-refractivity contribution in [2.24, 2.45) is 7.05 Å². The van der Waals surface area contributed by atoms with Crippen LogP contribution in [0.4, 0.5) is 5.13 Å². The summed E-state index contributed by atoms with van der Waals surface area (Å²) in [6, 6.07) is -0.998. The molecule has 0 aromatic carbocycles. The number of carbonyl (C=O) groups is 4. The van der Waals surface area contributed by atoms with Gasteiger partial charge >= 0.3 is 11.5 Å². The van der Waals surface area contributed by atoms with Gasteiger partial charge in [0, 0.05) is 29.5 Å². The predicted molar refractivity (Wildman–Crippen MR) is 135 cm³/mol. The molecule has 1 fully saturated rings. The first-order chi connectivity index (χ1) is 17.7. The lowest BCUT2D eigenvalue weighted by molar-refractivity contribution is -0.150. The fourth-order valence-corrected chi connectivity index (χ4v) is 6.74. The van der Waals surface area contributed by atoms with Gasteiger partial charge in [0.05, 0.1) is 11.3 Å². The molecule has 0 radical (unpaired) electrons. The van der Waals surface area contributed by atoms with E-state index < -0.39 is 40.6 Å². The first-order valence-electron chi connectivity index (χ1n) is 10.1. The number of rotatable bonds is 9. The van der Waals surface area contributed by atoms with Crippen LogP contribution >= 0.6 is 46.5 Å². The highest BCUT2D eigenvalue weighted by atomic mass is 35.5. The SMILES string of the molecule is Cn1nc(O)c(=O)nc1SCC1=C(C(=O)O)N2C(=O)C(NC(=O)/C(=C/Cl)c3csc(NC=O)n3)[C@H]2SC1. The van der Waals surface area contributed by atoms with Crippen molar-refractivity contribution in [3.05, 3.63) is 38.2 Å². The Labute approximate surface area is 224 Å². The Balaban J connectivity index is 1.48. The van der Waals surface area contributed by atoms with E-state index in [-0.39, 0.29) is 38.8 Å². The Morgan fingerprint density at radius 1 is 1.35 bits per heavy atom. The molecule has 0 bridgehead atoms. The number of carboxylic acid groups (broad SMARTS) is 1. The van der Waals surface area contributed by atoms with Crippen molar-refractivity contribution >= 4 is 81.4 Å². The van der Waals surface area contributed by atoms with E-state index in [0.29, 0.717) is 12.0 Å². The number of carboxylic acids is 1. The maximum Gasteiger partial charge on any atom is 0.352 e. The minimum Gasteiger partial charge on any atom is -0.488 e. The summed E-state index contributed by atoms with van der Waals surface area (Å²) in [5.41, 5.74) is 0.455. The van der Waals surface area contributed by atoms with Crippen molar-refractivity contribution in [3.8, 4) is 5.88 Å². The van der Waals surface area contributed by atoms with Crippen molar-refractivity contribution in [2.45, 2.75) is 16.6 Å². The molecule has 194 valence electrons. The Morgan fingerprint density at radius 3 is 2.78 bits per heavy atom. The third-order valence-corrected chi connectivity index (χ3v) is 8.58. The van der Waals surface area contributed by atoms with Crippen LogP contribution in [0.15, 0.2) is 32.1 Å². The minimum atomic E-state index is -1.32. The number of hydrogen-bond donors (Lipinski definition) is 4. The molecule has 4 heterocycles. The molecule has 37 heavy (non-hydrogen) atoms. The van der Waals surface area contributed by atoms with Gasteiger partial charge in [0.1, 0.15) is 17.1 Å². The molecule has 2 atom stereocenters. The van der Waals surface area contributed by atoms with Crippen molar-refractivity contribution < 1.29 is 29.4 Å². The van der Waals surface area contributed by atoms with Crippen molar-refractivity contribution in [1.82, 2.24) is 30.0 Å². The van der Waals surface area contributed by atoms with E-state index in [1.165, 1.54) is 28.9 Å². The second-order valence-corrected chi connectivity index (χ2v) is 10.5. The lowest BCUT2D eigenvalue weighted by Crippen LogP contribution is -2.70. The van der Waals surface area contributed by atoms with Crippen LogP contribution in [-0.4, -0.2) is 82.0 Å². The zero-order valence-corrected chi connectivity index (χ0v) is 21.8. The molecule has 2 aromatic heterocycles. The molecule has 3 amide bonds. The summed E-state index contributed by atoms with van der Waals surface area (Å²) in [4.78, 5) is 68.9. The number of hydrogen-bond acceptors (Lipinski definition) is 12. The molecule has 14 nitrogen and oxygen atoms in total. The number of anilines is 1. The summed E-state index contributed by atoms with van der Waals surface area (Å²) in [5.74, 6) is -3.05. The number of aryl methyl sites for hydroxylation is 1. The van der Waals surface area contributed by atoms with Crippen LogP contribution in [0.2, 0.25) is 0 Å². The van der Waals surface area contributed by atoms with Gasteiger partial charge in [-0.2, -0.15) is 4.98 Å². The number of nitrogens with zero attached hydrogens (tertiary/aromatic N) is 5. The van der Waals surface area contributed by atoms with Gasteiger partial charge in [-0.05, 0) is 5.57 Å². The van der Waals surface area contributed by atoms with Crippen LogP contribution in [0.3, 0.4) is 0 Å². The van der Waals surface area contributed by atoms with E-state index in [1.807, 2.05) is 0 Å². The van der Waals surface area contributed by atoms with Crippen molar-refractivity contribution in [2.75, 3.05) is 16.8 Å². The zero-order chi connectivity index (χ0) is 26.9. The van der Waals surface area contributed by atoms with Crippen LogP contribution < -0.4 is 16.2 Å². The zero-order valence-electron chi connectivity index (χ0n) is 18.6. The van der Waals surface area contributed by atoms with Gasteiger partial charge < -0.3 is 20.8 Å². The number of aliphatic carboxylic acids is 1. The third kappa shape index (κ3) is 5.20. The fourth-order valence-electron chi connectivity index (χ4n) is 3.46. The summed E-state index contributed by atoms with van der Waals surface area (Å²) < 4.78 is 1.18. The number of thioether (sulfide) groups is 2. The highest BCUT2D eigenvalue weighted by Crippen LogP contribution is 2.41. The molecular formula is C19H16ClN7O7S3. The Morgan fingerprint density at radius 2 is 2.11 bits per heavy atom. The number of fused-ring (bicyclic) bond motifs is 1. The number of carbonyl (C=O) groups excluding carboxylic acids is 3. The topological polar surface area (TPSA) is 197 Å². The molecule has 18 heteroatoms. The van der Waals surface area contributed by atoms with Gasteiger partial charge in [-0.1, -0.05) is 23.4 Å². The first kappa shape index (κ1) is 26.6. The second-order valence-electron chi connectivity index (χ2n) is 7.38. The average Bonchev–Trinajstić information content (AvgIpc) is 3.31. The number of aromatic nitrogens is 4. The summed E-state index contributed by atoms with van der Waals surface area (Å²) in [7, 11) is 1.47. The fraction of sp³-hybridized carbons (Fsp3) is 0.263. The van der Waals surface area contributed by atoms with Gasteiger partial charge in [0.25, 0.3) is 17.7 Å². The van der Waals surface area contributed by atoms with Crippen LogP contribution in [0.25, 0.3) is 5.57 Å². The molecule has 1 unspecified atom stereocenters. The monoisotopic (exact) mass is 585 g/mol. The van der Waals surface area contributed by atoms with Crippen molar-refractivity contribution in [3.63, 3.8) is 0 Å². The molecular weight excluding hydrogens is 570 g/mol. The maximum absolute atomic E-state index is 12.9. The minimum absolute atomic E-state index is 0.0318. The van der Waals surface area contributed by atoms with Gasteiger partial charge in [-0.25, -0.2) is 14.5 Å². The standard InChI is InChI=1S/C19H16ClN7O7S3/c1-26-19(24-13(30)14(31)25-26)37-4-7-3-35-16-10(15(32)27(16)11(7)17(33)34)23-12(29)8(2-20)9-5-36-18(22-9)21-6-28/h2,5-6,10,16H,3-4H2,1H3,(H,23,29)(H,25,31)(H,33,34)(H,21,22,28)/b8-2+/t10?,16-/m1/s1. The molecule has 0 spiro atoms. The molecule has 4 N–H and O–H groups in total. The molecule has 4 rings (SSSR count). The van der Waals surface area contributed by atoms with E-state index in [4.69, 9.17) is 11.6 Å². The third-order valence-electron chi connectivity index (χ3n) is 5.14. The normalized spacial score (nSPS) is 19.2. The Kier molecular flexibility index (Phi) is 7.86.